The molecule has 1 saturated carbocycles. The van der Waals surface area contributed by atoms with E-state index in [1.54, 1.807) is 24.3 Å². The molecule has 4 nitrogen and oxygen atoms in total. The van der Waals surface area contributed by atoms with Gasteiger partial charge in [-0.3, -0.25) is 4.79 Å². The van der Waals surface area contributed by atoms with E-state index in [0.717, 1.165) is 18.5 Å². The monoisotopic (exact) mass is 299 g/mol. The van der Waals surface area contributed by atoms with E-state index < -0.39 is 0 Å². The van der Waals surface area contributed by atoms with Crippen LogP contribution in [0.4, 0.5) is 5.69 Å². The molecule has 0 spiro atoms. The van der Waals surface area contributed by atoms with Crippen LogP contribution < -0.4 is 10.6 Å². The lowest BCUT2D eigenvalue weighted by Gasteiger charge is -2.24. The van der Waals surface area contributed by atoms with Gasteiger partial charge in [0.2, 0.25) is 5.91 Å². The molecule has 1 aromatic carbocycles. The van der Waals surface area contributed by atoms with E-state index in [0.29, 0.717) is 11.6 Å². The highest BCUT2D eigenvalue weighted by Gasteiger charge is 2.18. The Morgan fingerprint density at radius 3 is 2.32 bits per heavy atom. The molecule has 2 rings (SSSR count). The second-order valence-electron chi connectivity index (χ2n) is 6.11. The largest absolute Gasteiger partial charge is 0.325 e. The maximum Gasteiger partial charge on any atom is 0.241 e. The Hall–Kier alpha value is -1.86. The number of rotatable bonds is 4. The van der Waals surface area contributed by atoms with Crippen LogP contribution in [0.3, 0.4) is 0 Å². The summed E-state index contributed by atoms with van der Waals surface area (Å²) in [6, 6.07) is 9.26. The van der Waals surface area contributed by atoms with Crippen molar-refractivity contribution in [3.05, 3.63) is 29.8 Å². The van der Waals surface area contributed by atoms with Crippen LogP contribution in [-0.4, -0.2) is 18.0 Å². The number of carbonyl (C=O) groups excluding carboxylic acids is 1. The lowest BCUT2D eigenvalue weighted by atomic mass is 9.96. The Morgan fingerprint density at radius 2 is 1.73 bits per heavy atom. The number of hydrogen-bond donors (Lipinski definition) is 2. The molecule has 1 amide bonds. The zero-order valence-electron chi connectivity index (χ0n) is 13.3. The van der Waals surface area contributed by atoms with Crippen LogP contribution in [0.25, 0.3) is 0 Å². The minimum Gasteiger partial charge on any atom is -0.325 e. The first-order chi connectivity index (χ1) is 10.7. The second-order valence-corrected chi connectivity index (χ2v) is 6.11. The molecule has 0 saturated heterocycles. The van der Waals surface area contributed by atoms with E-state index in [9.17, 15) is 4.79 Å². The van der Waals surface area contributed by atoms with Crippen LogP contribution in [0.15, 0.2) is 24.3 Å². The molecule has 1 atom stereocenters. The van der Waals surface area contributed by atoms with Gasteiger partial charge in [0.15, 0.2) is 0 Å². The molecule has 118 valence electrons. The average molecular weight is 299 g/mol. The van der Waals surface area contributed by atoms with Crippen molar-refractivity contribution in [1.29, 1.82) is 5.26 Å². The zero-order chi connectivity index (χ0) is 15.8. The molecule has 0 radical (unpaired) electrons. The molecule has 1 aromatic rings. The summed E-state index contributed by atoms with van der Waals surface area (Å²) in [7, 11) is 0. The molecular weight excluding hydrogens is 274 g/mol. The van der Waals surface area contributed by atoms with Gasteiger partial charge in [-0.15, -0.1) is 0 Å². The predicted molar refractivity (Wildman–Crippen MR) is 88.5 cm³/mol. The Morgan fingerprint density at radius 1 is 1.14 bits per heavy atom. The van der Waals surface area contributed by atoms with Crippen molar-refractivity contribution in [2.75, 3.05) is 5.32 Å². The van der Waals surface area contributed by atoms with Crippen molar-refractivity contribution in [2.45, 2.75) is 64.0 Å². The smallest absolute Gasteiger partial charge is 0.241 e. The minimum absolute atomic E-state index is 0.0215. The van der Waals surface area contributed by atoms with Crippen LogP contribution in [0.2, 0.25) is 0 Å². The number of nitrogens with one attached hydrogen (secondary N) is 2. The molecule has 1 aliphatic carbocycles. The Balaban J connectivity index is 1.83. The maximum atomic E-state index is 12.3. The van der Waals surface area contributed by atoms with Crippen LogP contribution in [0, 0.1) is 11.3 Å². The summed E-state index contributed by atoms with van der Waals surface area (Å²) in [5, 5.41) is 15.1. The van der Waals surface area contributed by atoms with Crippen molar-refractivity contribution in [3.63, 3.8) is 0 Å². The number of anilines is 1. The molecule has 0 bridgehead atoms. The van der Waals surface area contributed by atoms with Crippen molar-refractivity contribution < 1.29 is 4.79 Å². The summed E-state index contributed by atoms with van der Waals surface area (Å²) in [5.74, 6) is -0.0215. The number of nitrogens with zero attached hydrogens (tertiary/aromatic N) is 1. The molecule has 1 aliphatic rings. The molecule has 2 N–H and O–H groups in total. The summed E-state index contributed by atoms with van der Waals surface area (Å²) < 4.78 is 0. The van der Waals surface area contributed by atoms with Gasteiger partial charge in [-0.2, -0.15) is 5.26 Å². The Kier molecular flexibility index (Phi) is 6.42. The molecule has 0 heterocycles. The van der Waals surface area contributed by atoms with Crippen molar-refractivity contribution in [3.8, 4) is 6.07 Å². The fourth-order valence-corrected chi connectivity index (χ4v) is 2.93. The highest BCUT2D eigenvalue weighted by molar-refractivity contribution is 5.94. The molecule has 4 heteroatoms. The highest BCUT2D eigenvalue weighted by Crippen LogP contribution is 2.17. The first kappa shape index (κ1) is 16.5. The van der Waals surface area contributed by atoms with Crippen molar-refractivity contribution in [2.24, 2.45) is 0 Å². The number of amides is 1. The van der Waals surface area contributed by atoms with Gasteiger partial charge in [-0.05, 0) is 44.0 Å². The summed E-state index contributed by atoms with van der Waals surface area (Å²) in [5.41, 5.74) is 1.33. The Bertz CT molecular complexity index is 510. The summed E-state index contributed by atoms with van der Waals surface area (Å²) in [4.78, 5) is 12.3. The summed E-state index contributed by atoms with van der Waals surface area (Å²) in [6.45, 7) is 1.91. The third-order valence-electron chi connectivity index (χ3n) is 4.27. The number of nitriles is 1. The first-order valence-electron chi connectivity index (χ1n) is 8.26. The quantitative estimate of drug-likeness (QED) is 0.893. The highest BCUT2D eigenvalue weighted by atomic mass is 16.2. The summed E-state index contributed by atoms with van der Waals surface area (Å²) in [6.07, 6.45) is 8.79. The van der Waals surface area contributed by atoms with Gasteiger partial charge in [-0.1, -0.05) is 32.1 Å². The van der Waals surface area contributed by atoms with Crippen molar-refractivity contribution in [1.82, 2.24) is 5.32 Å². The van der Waals surface area contributed by atoms with Gasteiger partial charge < -0.3 is 10.6 Å². The van der Waals surface area contributed by atoms with E-state index in [1.807, 2.05) is 6.92 Å². The molecule has 22 heavy (non-hydrogen) atoms. The number of benzene rings is 1. The Labute approximate surface area is 132 Å². The fourth-order valence-electron chi connectivity index (χ4n) is 2.93. The fraction of sp³-hybridized carbons (Fsp3) is 0.556. The van der Waals surface area contributed by atoms with E-state index >= 15 is 0 Å². The molecule has 0 unspecified atom stereocenters. The average Bonchev–Trinajstić information content (AvgIpc) is 2.50. The maximum absolute atomic E-state index is 12.3. The van der Waals surface area contributed by atoms with E-state index in [2.05, 4.69) is 16.7 Å². The van der Waals surface area contributed by atoms with Gasteiger partial charge in [0.1, 0.15) is 0 Å². The molecular formula is C18H25N3O. The van der Waals surface area contributed by atoms with Gasteiger partial charge in [0, 0.05) is 11.7 Å². The molecule has 0 aromatic heterocycles. The zero-order valence-corrected chi connectivity index (χ0v) is 13.3. The van der Waals surface area contributed by atoms with Crippen LogP contribution in [0.5, 0.6) is 0 Å². The topological polar surface area (TPSA) is 64.9 Å². The lowest BCUT2D eigenvalue weighted by Crippen LogP contribution is -2.44. The number of hydrogen-bond acceptors (Lipinski definition) is 3. The van der Waals surface area contributed by atoms with Gasteiger partial charge in [0.25, 0.3) is 0 Å². The van der Waals surface area contributed by atoms with Crippen LogP contribution in [-0.2, 0) is 4.79 Å². The SMILES string of the molecule is C[C@@H](NC1CCCCCCC1)C(=O)Nc1ccc(C#N)cc1. The standard InChI is InChI=1S/C18H25N3O/c1-14(20-16-7-5-3-2-4-6-8-16)18(22)21-17-11-9-15(13-19)10-12-17/h9-12,14,16,20H,2-8H2,1H3,(H,21,22)/t14-/m1/s1. The normalized spacial score (nSPS) is 17.8. The number of carbonyl (C=O) groups is 1. The first-order valence-corrected chi connectivity index (χ1v) is 8.26. The predicted octanol–water partition coefficient (Wildman–Crippen LogP) is 3.59. The van der Waals surface area contributed by atoms with Crippen LogP contribution >= 0.6 is 0 Å². The molecule has 1 fully saturated rings. The van der Waals surface area contributed by atoms with Crippen LogP contribution in [0.1, 0.15) is 57.4 Å². The van der Waals surface area contributed by atoms with Gasteiger partial charge >= 0.3 is 0 Å². The van der Waals surface area contributed by atoms with Gasteiger partial charge in [0.05, 0.1) is 17.7 Å². The van der Waals surface area contributed by atoms with E-state index in [4.69, 9.17) is 5.26 Å². The second kappa shape index (κ2) is 8.55. The lowest BCUT2D eigenvalue weighted by molar-refractivity contribution is -0.118. The minimum atomic E-state index is -0.208. The third-order valence-corrected chi connectivity index (χ3v) is 4.27. The van der Waals surface area contributed by atoms with E-state index in [-0.39, 0.29) is 11.9 Å². The third kappa shape index (κ3) is 5.16. The van der Waals surface area contributed by atoms with Gasteiger partial charge in [-0.25, -0.2) is 0 Å². The van der Waals surface area contributed by atoms with E-state index in [1.165, 1.54) is 32.1 Å². The van der Waals surface area contributed by atoms with Crippen molar-refractivity contribution >= 4 is 11.6 Å². The summed E-state index contributed by atoms with van der Waals surface area (Å²) >= 11 is 0. The molecule has 0 aliphatic heterocycles.